The summed E-state index contributed by atoms with van der Waals surface area (Å²) in [5, 5.41) is 6.60. The van der Waals surface area contributed by atoms with Crippen molar-refractivity contribution < 1.29 is 9.59 Å². The Morgan fingerprint density at radius 2 is 1.78 bits per heavy atom. The number of benzene rings is 1. The van der Waals surface area contributed by atoms with Crippen molar-refractivity contribution in [2.24, 2.45) is 4.99 Å². The maximum atomic E-state index is 11.8. The van der Waals surface area contributed by atoms with Crippen LogP contribution in [-0.4, -0.2) is 42.3 Å². The third-order valence-corrected chi connectivity index (χ3v) is 4.56. The molecule has 0 aromatic heterocycles. The minimum atomic E-state index is -0.0845. The van der Waals surface area contributed by atoms with Gasteiger partial charge in [0.05, 0.1) is 12.6 Å². The predicted molar refractivity (Wildman–Crippen MR) is 119 cm³/mol. The lowest BCUT2D eigenvalue weighted by atomic mass is 10.1. The Hall–Kier alpha value is -1.64. The van der Waals surface area contributed by atoms with Gasteiger partial charge in [0.1, 0.15) is 0 Å². The molecule has 2 N–H and O–H groups in total. The summed E-state index contributed by atoms with van der Waals surface area (Å²) in [7, 11) is 0. The summed E-state index contributed by atoms with van der Waals surface area (Å²) in [4.78, 5) is 29.6. The van der Waals surface area contributed by atoms with Gasteiger partial charge in [-0.2, -0.15) is 0 Å². The Bertz CT molecular complexity index is 630. The number of rotatable bonds is 7. The van der Waals surface area contributed by atoms with Crippen molar-refractivity contribution in [3.05, 3.63) is 35.4 Å². The van der Waals surface area contributed by atoms with Crippen LogP contribution in [0.15, 0.2) is 29.3 Å². The second-order valence-corrected chi connectivity index (χ2v) is 6.51. The van der Waals surface area contributed by atoms with Gasteiger partial charge < -0.3 is 10.6 Å². The summed E-state index contributed by atoms with van der Waals surface area (Å²) in [6.07, 6.45) is 2.60. The fourth-order valence-electron chi connectivity index (χ4n) is 2.96. The van der Waals surface area contributed by atoms with E-state index in [0.29, 0.717) is 38.3 Å². The van der Waals surface area contributed by atoms with Crippen molar-refractivity contribution in [3.8, 4) is 0 Å². The van der Waals surface area contributed by atoms with Crippen molar-refractivity contribution in [1.29, 1.82) is 0 Å². The highest BCUT2D eigenvalue weighted by Gasteiger charge is 2.25. The van der Waals surface area contributed by atoms with Crippen LogP contribution in [0.5, 0.6) is 0 Å². The minimum Gasteiger partial charge on any atom is -0.357 e. The number of halogens is 1. The number of nitrogens with one attached hydrogen (secondary N) is 2. The van der Waals surface area contributed by atoms with Crippen molar-refractivity contribution in [3.63, 3.8) is 0 Å². The fraction of sp³-hybridized carbons (Fsp3) is 0.550. The average molecular weight is 486 g/mol. The van der Waals surface area contributed by atoms with Gasteiger partial charge in [0.2, 0.25) is 11.8 Å². The van der Waals surface area contributed by atoms with Crippen LogP contribution in [0.25, 0.3) is 0 Å². The average Bonchev–Trinajstić information content (AvgIpc) is 2.64. The Morgan fingerprint density at radius 3 is 2.33 bits per heavy atom. The van der Waals surface area contributed by atoms with Crippen LogP contribution in [-0.2, 0) is 16.0 Å². The van der Waals surface area contributed by atoms with Gasteiger partial charge in [-0.05, 0) is 37.8 Å². The lowest BCUT2D eigenvalue weighted by molar-refractivity contribution is -0.147. The highest BCUT2D eigenvalue weighted by molar-refractivity contribution is 14.0. The highest BCUT2D eigenvalue weighted by atomic mass is 127. The summed E-state index contributed by atoms with van der Waals surface area (Å²) < 4.78 is 0. The molecule has 1 atom stereocenters. The molecule has 6 nitrogen and oxygen atoms in total. The van der Waals surface area contributed by atoms with Crippen LogP contribution in [0.1, 0.15) is 57.2 Å². The molecule has 1 fully saturated rings. The molecular formula is C20H31IN4O2. The van der Waals surface area contributed by atoms with E-state index in [1.807, 2.05) is 6.92 Å². The summed E-state index contributed by atoms with van der Waals surface area (Å²) in [6, 6.07) is 8.66. The molecule has 1 aromatic carbocycles. The normalized spacial score (nSPS) is 16.0. The lowest BCUT2D eigenvalue weighted by Crippen LogP contribution is -2.42. The van der Waals surface area contributed by atoms with E-state index in [1.165, 1.54) is 16.0 Å². The molecule has 0 bridgehead atoms. The van der Waals surface area contributed by atoms with Gasteiger partial charge in [-0.15, -0.1) is 24.0 Å². The number of carbonyl (C=O) groups is 2. The van der Waals surface area contributed by atoms with E-state index in [0.717, 1.165) is 13.0 Å². The van der Waals surface area contributed by atoms with Gasteiger partial charge in [0, 0.05) is 25.9 Å². The number of carbonyl (C=O) groups excluding carboxylic acids is 2. The molecule has 1 heterocycles. The molecule has 0 radical (unpaired) electrons. The summed E-state index contributed by atoms with van der Waals surface area (Å²) >= 11 is 0. The number of nitrogens with zero attached hydrogens (tertiary/aromatic N) is 2. The summed E-state index contributed by atoms with van der Waals surface area (Å²) in [6.45, 7) is 7.72. The van der Waals surface area contributed by atoms with Crippen LogP contribution in [0.2, 0.25) is 0 Å². The second-order valence-electron chi connectivity index (χ2n) is 6.51. The summed E-state index contributed by atoms with van der Waals surface area (Å²) in [5.74, 6) is 0.522. The smallest absolute Gasteiger partial charge is 0.229 e. The zero-order chi connectivity index (χ0) is 18.9. The molecule has 1 aliphatic rings. The first-order valence-electron chi connectivity index (χ1n) is 9.52. The quantitative estimate of drug-likeness (QED) is 0.269. The SMILES string of the molecule is CCNC(=NCCN1C(=O)CCCC1=O)NC(C)c1ccc(CC)cc1.I. The van der Waals surface area contributed by atoms with Gasteiger partial charge in [-0.1, -0.05) is 31.2 Å². The van der Waals surface area contributed by atoms with Gasteiger partial charge in [0.25, 0.3) is 0 Å². The molecule has 0 spiro atoms. The molecule has 7 heteroatoms. The number of piperidine rings is 1. The number of aryl methyl sites for hydroxylation is 1. The van der Waals surface area contributed by atoms with Gasteiger partial charge in [-0.25, -0.2) is 0 Å². The number of hydrogen-bond acceptors (Lipinski definition) is 3. The predicted octanol–water partition coefficient (Wildman–Crippen LogP) is 3.02. The zero-order valence-corrected chi connectivity index (χ0v) is 18.8. The van der Waals surface area contributed by atoms with E-state index < -0.39 is 0 Å². The van der Waals surface area contributed by atoms with Crippen LogP contribution < -0.4 is 10.6 Å². The largest absolute Gasteiger partial charge is 0.357 e. The highest BCUT2D eigenvalue weighted by Crippen LogP contribution is 2.14. The molecular weight excluding hydrogens is 455 g/mol. The Balaban J connectivity index is 0.00000364. The number of aliphatic imine (C=N–C) groups is 1. The molecule has 0 saturated carbocycles. The molecule has 27 heavy (non-hydrogen) atoms. The Morgan fingerprint density at radius 1 is 1.15 bits per heavy atom. The minimum absolute atomic E-state index is 0. The summed E-state index contributed by atoms with van der Waals surface area (Å²) in [5.41, 5.74) is 2.51. The van der Waals surface area contributed by atoms with Gasteiger partial charge in [0.15, 0.2) is 5.96 Å². The molecule has 2 rings (SSSR count). The zero-order valence-electron chi connectivity index (χ0n) is 16.5. The molecule has 2 amide bonds. The van der Waals surface area contributed by atoms with Crippen molar-refractivity contribution in [2.45, 2.75) is 52.5 Å². The van der Waals surface area contributed by atoms with E-state index in [4.69, 9.17) is 0 Å². The molecule has 1 saturated heterocycles. The van der Waals surface area contributed by atoms with Crippen LogP contribution in [0.4, 0.5) is 0 Å². The Labute approximate surface area is 179 Å². The Kier molecular flexibility index (Phi) is 10.4. The van der Waals surface area contributed by atoms with Crippen LogP contribution in [0.3, 0.4) is 0 Å². The first kappa shape index (κ1) is 23.4. The van der Waals surface area contributed by atoms with E-state index in [1.54, 1.807) is 0 Å². The van der Waals surface area contributed by atoms with Crippen molar-refractivity contribution in [1.82, 2.24) is 15.5 Å². The number of guanidine groups is 1. The third kappa shape index (κ3) is 7.12. The standard InChI is InChI=1S/C20H30N4O2.HI/c1-4-16-9-11-17(12-10-16)15(3)23-20(21-5-2)22-13-14-24-18(25)7-6-8-19(24)26;/h9-12,15H,4-8,13-14H2,1-3H3,(H2,21,22,23);1H. The number of amides is 2. The molecule has 0 aliphatic carbocycles. The molecule has 1 aromatic rings. The van der Waals surface area contributed by atoms with Gasteiger partial charge >= 0.3 is 0 Å². The third-order valence-electron chi connectivity index (χ3n) is 4.56. The maximum absolute atomic E-state index is 11.8. The molecule has 150 valence electrons. The van der Waals surface area contributed by atoms with E-state index >= 15 is 0 Å². The fourth-order valence-corrected chi connectivity index (χ4v) is 2.96. The second kappa shape index (κ2) is 11.9. The molecule has 1 aliphatic heterocycles. The van der Waals surface area contributed by atoms with E-state index in [9.17, 15) is 9.59 Å². The maximum Gasteiger partial charge on any atom is 0.229 e. The van der Waals surface area contributed by atoms with Crippen molar-refractivity contribution >= 4 is 41.8 Å². The van der Waals surface area contributed by atoms with Crippen molar-refractivity contribution in [2.75, 3.05) is 19.6 Å². The van der Waals surface area contributed by atoms with Gasteiger partial charge in [-0.3, -0.25) is 19.5 Å². The number of hydrogen-bond donors (Lipinski definition) is 2. The number of imide groups is 1. The van der Waals surface area contributed by atoms with Crippen LogP contribution >= 0.6 is 24.0 Å². The molecule has 1 unspecified atom stereocenters. The first-order chi connectivity index (χ1) is 12.5. The van der Waals surface area contributed by atoms with Crippen LogP contribution in [0, 0.1) is 0 Å². The topological polar surface area (TPSA) is 73.8 Å². The van der Waals surface area contributed by atoms with E-state index in [-0.39, 0.29) is 41.8 Å². The first-order valence-corrected chi connectivity index (χ1v) is 9.52. The monoisotopic (exact) mass is 486 g/mol. The van der Waals surface area contributed by atoms with E-state index in [2.05, 4.69) is 53.7 Å². The lowest BCUT2D eigenvalue weighted by Gasteiger charge is -2.24. The number of likely N-dealkylation sites (tertiary alicyclic amines) is 1.